The summed E-state index contributed by atoms with van der Waals surface area (Å²) in [6, 6.07) is 1.76. The van der Waals surface area contributed by atoms with E-state index in [1.54, 1.807) is 18.5 Å². The first-order chi connectivity index (χ1) is 5.34. The van der Waals surface area contributed by atoms with Crippen LogP contribution < -0.4 is 11.1 Å². The van der Waals surface area contributed by atoms with Gasteiger partial charge in [-0.3, -0.25) is 4.98 Å². The van der Waals surface area contributed by atoms with Crippen LogP contribution in [0.1, 0.15) is 13.8 Å². The molecule has 0 amide bonds. The molecule has 0 aromatic carbocycles. The Bertz CT molecular complexity index is 198. The van der Waals surface area contributed by atoms with Crippen LogP contribution >= 0.6 is 0 Å². The molecule has 3 nitrogen and oxygen atoms in total. The molecule has 3 N–H and O–H groups in total. The molecule has 62 valence electrons. The second-order valence-corrected chi connectivity index (χ2v) is 1.71. The molecular formula is C8H15N3. The highest BCUT2D eigenvalue weighted by atomic mass is 14.9. The molecule has 0 aliphatic rings. The number of aromatic nitrogens is 1. The van der Waals surface area contributed by atoms with Crippen molar-refractivity contribution < 1.29 is 0 Å². The smallest absolute Gasteiger partial charge is 0.0757 e. The van der Waals surface area contributed by atoms with Crippen molar-refractivity contribution in [3.63, 3.8) is 0 Å². The van der Waals surface area contributed by atoms with Crippen LogP contribution in [0.25, 0.3) is 0 Å². The molecule has 0 saturated carbocycles. The lowest BCUT2D eigenvalue weighted by atomic mass is 10.4. The zero-order chi connectivity index (χ0) is 8.69. The zero-order valence-electron chi connectivity index (χ0n) is 7.26. The lowest BCUT2D eigenvalue weighted by Gasteiger charge is -2.00. The van der Waals surface area contributed by atoms with E-state index >= 15 is 0 Å². The predicted molar refractivity (Wildman–Crippen MR) is 49.5 cm³/mol. The highest BCUT2D eigenvalue weighted by Crippen LogP contribution is 2.12. The first-order valence-electron chi connectivity index (χ1n) is 3.72. The molecule has 1 heterocycles. The molecule has 0 atom stereocenters. The molecule has 11 heavy (non-hydrogen) atoms. The minimum atomic E-state index is 0.729. The van der Waals surface area contributed by atoms with Gasteiger partial charge in [0.1, 0.15) is 0 Å². The van der Waals surface area contributed by atoms with E-state index in [2.05, 4.69) is 10.3 Å². The molecule has 0 saturated heterocycles. The second-order valence-electron chi connectivity index (χ2n) is 1.71. The summed E-state index contributed by atoms with van der Waals surface area (Å²) in [6.07, 6.45) is 3.35. The Morgan fingerprint density at radius 2 is 2.09 bits per heavy atom. The van der Waals surface area contributed by atoms with Crippen LogP contribution in [0.15, 0.2) is 18.5 Å². The van der Waals surface area contributed by atoms with E-state index in [-0.39, 0.29) is 0 Å². The normalized spacial score (nSPS) is 7.91. The number of hydrogen-bond acceptors (Lipinski definition) is 3. The molecule has 1 rings (SSSR count). The van der Waals surface area contributed by atoms with Crippen molar-refractivity contribution in [1.29, 1.82) is 0 Å². The van der Waals surface area contributed by atoms with Gasteiger partial charge in [0.05, 0.1) is 17.6 Å². The van der Waals surface area contributed by atoms with E-state index < -0.39 is 0 Å². The second kappa shape index (κ2) is 5.53. The van der Waals surface area contributed by atoms with Gasteiger partial charge in [0, 0.05) is 13.2 Å². The molecule has 1 aromatic heterocycles. The van der Waals surface area contributed by atoms with Crippen molar-refractivity contribution in [3.05, 3.63) is 18.5 Å². The van der Waals surface area contributed by atoms with Gasteiger partial charge in [-0.25, -0.2) is 0 Å². The van der Waals surface area contributed by atoms with Crippen molar-refractivity contribution in [2.75, 3.05) is 18.1 Å². The molecule has 0 fully saturated rings. The number of hydrogen-bond donors (Lipinski definition) is 2. The van der Waals surface area contributed by atoms with Crippen LogP contribution in [0.5, 0.6) is 0 Å². The van der Waals surface area contributed by atoms with Gasteiger partial charge in [-0.2, -0.15) is 0 Å². The summed E-state index contributed by atoms with van der Waals surface area (Å²) >= 11 is 0. The fourth-order valence-electron chi connectivity index (χ4n) is 0.614. The van der Waals surface area contributed by atoms with Gasteiger partial charge in [0.2, 0.25) is 0 Å². The first kappa shape index (κ1) is 9.75. The summed E-state index contributed by atoms with van der Waals surface area (Å²) in [4.78, 5) is 3.87. The van der Waals surface area contributed by atoms with Crippen molar-refractivity contribution in [3.8, 4) is 0 Å². The number of nitrogen functional groups attached to an aromatic ring is 1. The van der Waals surface area contributed by atoms with Crippen molar-refractivity contribution >= 4 is 11.4 Å². The van der Waals surface area contributed by atoms with Gasteiger partial charge in [0.15, 0.2) is 0 Å². The Hall–Kier alpha value is -1.25. The summed E-state index contributed by atoms with van der Waals surface area (Å²) in [5, 5.41) is 2.91. The fourth-order valence-corrected chi connectivity index (χ4v) is 0.614. The van der Waals surface area contributed by atoms with E-state index in [0.29, 0.717) is 0 Å². The molecule has 3 heteroatoms. The summed E-state index contributed by atoms with van der Waals surface area (Å²) in [5.41, 5.74) is 7.13. The van der Waals surface area contributed by atoms with E-state index in [9.17, 15) is 0 Å². The maximum absolute atomic E-state index is 5.53. The third-order valence-electron chi connectivity index (χ3n) is 1.12. The largest absolute Gasteiger partial charge is 0.397 e. The Labute approximate surface area is 67.6 Å². The fraction of sp³-hybridized carbons (Fsp3) is 0.375. The standard InChI is InChI=1S/C6H9N3.C2H6/c1-8-6-4-9-3-2-5(6)7;1-2/h2-4,8H,1H3,(H2,7,9);1-2H3. The molecule has 0 aliphatic heterocycles. The zero-order valence-corrected chi connectivity index (χ0v) is 7.26. The number of rotatable bonds is 1. The number of nitrogens with zero attached hydrogens (tertiary/aromatic N) is 1. The SMILES string of the molecule is CC.CNc1cnccc1N. The quantitative estimate of drug-likeness (QED) is 0.646. The highest BCUT2D eigenvalue weighted by Gasteiger charge is 1.90. The first-order valence-corrected chi connectivity index (χ1v) is 3.72. The molecule has 1 aromatic rings. The van der Waals surface area contributed by atoms with E-state index in [4.69, 9.17) is 5.73 Å². The van der Waals surface area contributed by atoms with Gasteiger partial charge in [-0.05, 0) is 6.07 Å². The Balaban J connectivity index is 0.000000461. The average molecular weight is 153 g/mol. The number of anilines is 2. The molecule has 0 aliphatic carbocycles. The van der Waals surface area contributed by atoms with Crippen molar-refractivity contribution in [2.45, 2.75) is 13.8 Å². The molecule has 0 unspecified atom stereocenters. The van der Waals surface area contributed by atoms with Gasteiger partial charge in [0.25, 0.3) is 0 Å². The maximum Gasteiger partial charge on any atom is 0.0757 e. The highest BCUT2D eigenvalue weighted by molar-refractivity contribution is 5.63. The van der Waals surface area contributed by atoms with Gasteiger partial charge >= 0.3 is 0 Å². The predicted octanol–water partition coefficient (Wildman–Crippen LogP) is 1.73. The average Bonchev–Trinajstić information content (AvgIpc) is 2.09. The number of nitrogens with one attached hydrogen (secondary N) is 1. The van der Waals surface area contributed by atoms with E-state index in [0.717, 1.165) is 11.4 Å². The topological polar surface area (TPSA) is 50.9 Å². The molecule has 0 bridgehead atoms. The van der Waals surface area contributed by atoms with Gasteiger partial charge in [-0.15, -0.1) is 0 Å². The van der Waals surface area contributed by atoms with E-state index in [1.807, 2.05) is 20.9 Å². The summed E-state index contributed by atoms with van der Waals surface area (Å²) in [7, 11) is 1.81. The van der Waals surface area contributed by atoms with Crippen molar-refractivity contribution in [1.82, 2.24) is 4.98 Å². The minimum Gasteiger partial charge on any atom is -0.397 e. The monoisotopic (exact) mass is 153 g/mol. The summed E-state index contributed by atoms with van der Waals surface area (Å²) < 4.78 is 0. The molecular weight excluding hydrogens is 138 g/mol. The Morgan fingerprint density at radius 1 is 1.45 bits per heavy atom. The Kier molecular flexibility index (Phi) is 4.90. The number of pyridine rings is 1. The van der Waals surface area contributed by atoms with Crippen LogP contribution in [0.2, 0.25) is 0 Å². The van der Waals surface area contributed by atoms with Crippen LogP contribution in [0, 0.1) is 0 Å². The van der Waals surface area contributed by atoms with Crippen LogP contribution in [-0.4, -0.2) is 12.0 Å². The van der Waals surface area contributed by atoms with E-state index in [1.165, 1.54) is 0 Å². The Morgan fingerprint density at radius 3 is 2.45 bits per heavy atom. The third kappa shape index (κ3) is 2.89. The van der Waals surface area contributed by atoms with Crippen LogP contribution in [0.3, 0.4) is 0 Å². The van der Waals surface area contributed by atoms with Gasteiger partial charge in [-0.1, -0.05) is 13.8 Å². The van der Waals surface area contributed by atoms with Crippen LogP contribution in [0.4, 0.5) is 11.4 Å². The minimum absolute atomic E-state index is 0.729. The van der Waals surface area contributed by atoms with Crippen molar-refractivity contribution in [2.24, 2.45) is 0 Å². The lowest BCUT2D eigenvalue weighted by molar-refractivity contribution is 1.31. The lowest BCUT2D eigenvalue weighted by Crippen LogP contribution is -1.94. The summed E-state index contributed by atoms with van der Waals surface area (Å²) in [6.45, 7) is 4.00. The van der Waals surface area contributed by atoms with Gasteiger partial charge < -0.3 is 11.1 Å². The number of nitrogens with two attached hydrogens (primary N) is 1. The maximum atomic E-state index is 5.53. The molecule has 0 spiro atoms. The third-order valence-corrected chi connectivity index (χ3v) is 1.12. The molecule has 0 radical (unpaired) electrons. The summed E-state index contributed by atoms with van der Waals surface area (Å²) in [5.74, 6) is 0. The van der Waals surface area contributed by atoms with Crippen LogP contribution in [-0.2, 0) is 0 Å².